The van der Waals surface area contributed by atoms with Crippen molar-refractivity contribution in [2.45, 2.75) is 70.9 Å². The quantitative estimate of drug-likeness (QED) is 0.765. The van der Waals surface area contributed by atoms with Gasteiger partial charge in [0.1, 0.15) is 11.6 Å². The Morgan fingerprint density at radius 2 is 1.85 bits per heavy atom. The van der Waals surface area contributed by atoms with Crippen molar-refractivity contribution in [3.05, 3.63) is 6.07 Å². The molecule has 7 heteroatoms. The average Bonchev–Trinajstić information content (AvgIpc) is 3.45. The molecule has 3 fully saturated rings. The zero-order valence-corrected chi connectivity index (χ0v) is 17.4. The Hall–Kier alpha value is -1.63. The normalized spacial score (nSPS) is 26.0. The number of thiocarbonyl (C=S) groups is 1. The summed E-state index contributed by atoms with van der Waals surface area (Å²) in [6, 6.07) is 3.23. The highest BCUT2D eigenvalue weighted by Gasteiger charge is 2.25. The van der Waals surface area contributed by atoms with Crippen molar-refractivity contribution >= 4 is 34.9 Å². The van der Waals surface area contributed by atoms with Crippen LogP contribution >= 0.6 is 12.2 Å². The first-order valence-corrected chi connectivity index (χ1v) is 11.0. The molecule has 148 valence electrons. The van der Waals surface area contributed by atoms with Crippen LogP contribution in [0.25, 0.3) is 0 Å². The second-order valence-corrected chi connectivity index (χ2v) is 8.92. The molecule has 2 N–H and O–H groups in total. The molecule has 0 bridgehead atoms. The monoisotopic (exact) mass is 388 g/mol. The Kier molecular flexibility index (Phi) is 5.66. The van der Waals surface area contributed by atoms with E-state index in [0.29, 0.717) is 29.1 Å². The van der Waals surface area contributed by atoms with Gasteiger partial charge in [-0.25, -0.2) is 0 Å². The summed E-state index contributed by atoms with van der Waals surface area (Å²) >= 11 is 5.46. The van der Waals surface area contributed by atoms with E-state index >= 15 is 0 Å². The van der Waals surface area contributed by atoms with Crippen LogP contribution in [0.3, 0.4) is 0 Å². The highest BCUT2D eigenvalue weighted by Crippen LogP contribution is 2.29. The smallest absolute Gasteiger partial charge is 0.232 e. The molecule has 27 heavy (non-hydrogen) atoms. The standard InChI is InChI=1S/C20H32N6S/c1-14-6-5-10-25(13-14)17-12-18(26-11-4-3-7-15(26)2)23-19(22-17)24-20(27)21-16-8-9-16/h12,14-16H,3-11,13H2,1-2H3,(H2,21,22,23,24,27)/t14-,15+/m1/s1. The Bertz CT molecular complexity index is 676. The van der Waals surface area contributed by atoms with E-state index in [1.54, 1.807) is 0 Å². The third-order valence-corrected chi connectivity index (χ3v) is 6.14. The largest absolute Gasteiger partial charge is 0.360 e. The van der Waals surface area contributed by atoms with Crippen LogP contribution in [-0.4, -0.2) is 46.8 Å². The lowest BCUT2D eigenvalue weighted by molar-refractivity contribution is 0.444. The van der Waals surface area contributed by atoms with Gasteiger partial charge < -0.3 is 20.4 Å². The molecule has 1 aromatic rings. The average molecular weight is 389 g/mol. The molecule has 0 spiro atoms. The Morgan fingerprint density at radius 1 is 1.04 bits per heavy atom. The van der Waals surface area contributed by atoms with Gasteiger partial charge >= 0.3 is 0 Å². The number of rotatable bonds is 4. The Labute approximate surface area is 168 Å². The van der Waals surface area contributed by atoms with Gasteiger partial charge in [-0.2, -0.15) is 9.97 Å². The van der Waals surface area contributed by atoms with Gasteiger partial charge in [-0.1, -0.05) is 6.92 Å². The molecule has 0 aromatic carbocycles. The van der Waals surface area contributed by atoms with Crippen molar-refractivity contribution < 1.29 is 0 Å². The lowest BCUT2D eigenvalue weighted by atomic mass is 10.0. The van der Waals surface area contributed by atoms with Crippen LogP contribution < -0.4 is 20.4 Å². The second kappa shape index (κ2) is 8.17. The van der Waals surface area contributed by atoms with Crippen LogP contribution in [0.15, 0.2) is 6.07 Å². The van der Waals surface area contributed by atoms with Gasteiger partial charge in [0.05, 0.1) is 0 Å². The fourth-order valence-electron chi connectivity index (χ4n) is 4.17. The molecule has 1 aliphatic carbocycles. The Balaban J connectivity index is 1.59. The van der Waals surface area contributed by atoms with Crippen LogP contribution in [0, 0.1) is 5.92 Å². The molecule has 3 heterocycles. The van der Waals surface area contributed by atoms with Crippen molar-refractivity contribution in [1.82, 2.24) is 15.3 Å². The van der Waals surface area contributed by atoms with Crippen molar-refractivity contribution in [2.75, 3.05) is 34.8 Å². The van der Waals surface area contributed by atoms with E-state index in [2.05, 4.69) is 40.3 Å². The molecule has 2 aliphatic heterocycles. The molecule has 4 rings (SSSR count). The summed E-state index contributed by atoms with van der Waals surface area (Å²) in [5.74, 6) is 3.39. The van der Waals surface area contributed by atoms with E-state index in [1.807, 2.05) is 0 Å². The van der Waals surface area contributed by atoms with Crippen LogP contribution in [0.1, 0.15) is 58.8 Å². The lowest BCUT2D eigenvalue weighted by Gasteiger charge is -2.36. The second-order valence-electron chi connectivity index (χ2n) is 8.51. The van der Waals surface area contributed by atoms with E-state index in [4.69, 9.17) is 22.2 Å². The first-order chi connectivity index (χ1) is 13.1. The third-order valence-electron chi connectivity index (χ3n) is 5.92. The van der Waals surface area contributed by atoms with Gasteiger partial charge in [0.25, 0.3) is 0 Å². The van der Waals surface area contributed by atoms with Gasteiger partial charge in [0.15, 0.2) is 5.11 Å². The molecule has 0 amide bonds. The number of nitrogens with one attached hydrogen (secondary N) is 2. The highest BCUT2D eigenvalue weighted by atomic mass is 32.1. The SMILES string of the molecule is C[C@@H]1CCCN(c2cc(N3CCCC[C@@H]3C)nc(NC(=S)NC3CC3)n2)C1. The molecule has 1 aromatic heterocycles. The van der Waals surface area contributed by atoms with Crippen molar-refractivity contribution in [3.63, 3.8) is 0 Å². The number of aromatic nitrogens is 2. The van der Waals surface area contributed by atoms with Crippen LogP contribution in [0.2, 0.25) is 0 Å². The van der Waals surface area contributed by atoms with Crippen molar-refractivity contribution in [2.24, 2.45) is 5.92 Å². The van der Waals surface area contributed by atoms with Crippen molar-refractivity contribution in [1.29, 1.82) is 0 Å². The highest BCUT2D eigenvalue weighted by molar-refractivity contribution is 7.80. The van der Waals surface area contributed by atoms with Gasteiger partial charge in [0.2, 0.25) is 5.95 Å². The molecule has 0 radical (unpaired) electrons. The fraction of sp³-hybridized carbons (Fsp3) is 0.750. The van der Waals surface area contributed by atoms with E-state index in [9.17, 15) is 0 Å². The van der Waals surface area contributed by atoms with E-state index in [-0.39, 0.29) is 0 Å². The summed E-state index contributed by atoms with van der Waals surface area (Å²) in [5, 5.41) is 7.21. The first kappa shape index (κ1) is 18.7. The van der Waals surface area contributed by atoms with Gasteiger partial charge in [-0.15, -0.1) is 0 Å². The van der Waals surface area contributed by atoms with E-state index in [0.717, 1.165) is 31.3 Å². The van der Waals surface area contributed by atoms with Gasteiger partial charge in [-0.05, 0) is 70.0 Å². The number of nitrogens with zero attached hydrogens (tertiary/aromatic N) is 4. The minimum Gasteiger partial charge on any atom is -0.360 e. The van der Waals surface area contributed by atoms with Crippen LogP contribution in [-0.2, 0) is 0 Å². The number of hydrogen-bond acceptors (Lipinski definition) is 5. The third kappa shape index (κ3) is 4.81. The number of hydrogen-bond donors (Lipinski definition) is 2. The molecule has 6 nitrogen and oxygen atoms in total. The van der Waals surface area contributed by atoms with E-state index in [1.165, 1.54) is 44.9 Å². The summed E-state index contributed by atoms with van der Waals surface area (Å²) in [4.78, 5) is 14.5. The zero-order valence-electron chi connectivity index (χ0n) is 16.6. The lowest BCUT2D eigenvalue weighted by Crippen LogP contribution is -2.39. The minimum absolute atomic E-state index is 0.520. The predicted molar refractivity (Wildman–Crippen MR) is 116 cm³/mol. The summed E-state index contributed by atoms with van der Waals surface area (Å²) in [6.45, 7) is 7.83. The van der Waals surface area contributed by atoms with Gasteiger partial charge in [0, 0.05) is 37.8 Å². The maximum absolute atomic E-state index is 5.46. The number of piperidine rings is 2. The molecule has 1 saturated carbocycles. The van der Waals surface area contributed by atoms with Crippen molar-refractivity contribution in [3.8, 4) is 0 Å². The molecule has 2 atom stereocenters. The van der Waals surface area contributed by atoms with Crippen LogP contribution in [0.4, 0.5) is 17.6 Å². The maximum Gasteiger partial charge on any atom is 0.232 e. The fourth-order valence-corrected chi connectivity index (χ4v) is 4.43. The maximum atomic E-state index is 5.46. The molecule has 0 unspecified atom stereocenters. The van der Waals surface area contributed by atoms with Crippen LogP contribution in [0.5, 0.6) is 0 Å². The zero-order chi connectivity index (χ0) is 18.8. The van der Waals surface area contributed by atoms with Gasteiger partial charge in [-0.3, -0.25) is 0 Å². The summed E-state index contributed by atoms with van der Waals surface area (Å²) < 4.78 is 0. The molecular weight excluding hydrogens is 356 g/mol. The summed E-state index contributed by atoms with van der Waals surface area (Å²) in [6.07, 6.45) is 8.69. The van der Waals surface area contributed by atoms with E-state index < -0.39 is 0 Å². The molecular formula is C20H32N6S. The summed E-state index contributed by atoms with van der Waals surface area (Å²) in [5.41, 5.74) is 0. The first-order valence-electron chi connectivity index (χ1n) is 10.6. The minimum atomic E-state index is 0.520. The number of anilines is 3. The Morgan fingerprint density at radius 3 is 2.59 bits per heavy atom. The predicted octanol–water partition coefficient (Wildman–Crippen LogP) is 3.54. The molecule has 3 aliphatic rings. The summed E-state index contributed by atoms with van der Waals surface area (Å²) in [7, 11) is 0. The topological polar surface area (TPSA) is 56.3 Å². The molecule has 2 saturated heterocycles.